The molecule has 0 atom stereocenters. The maximum atomic E-state index is 9.50. The Hall–Kier alpha value is -1.84. The van der Waals surface area contributed by atoms with E-state index in [1.165, 1.54) is 0 Å². The van der Waals surface area contributed by atoms with Crippen LogP contribution in [0.25, 0.3) is 21.8 Å². The summed E-state index contributed by atoms with van der Waals surface area (Å²) in [4.78, 5) is 3.31. The van der Waals surface area contributed by atoms with Gasteiger partial charge in [-0.1, -0.05) is 24.3 Å². The molecule has 0 saturated heterocycles. The number of para-hydroxylation sites is 1. The Bertz CT molecular complexity index is 685. The fourth-order valence-corrected chi connectivity index (χ4v) is 2.39. The van der Waals surface area contributed by atoms with Crippen molar-refractivity contribution in [1.29, 1.82) is 0 Å². The van der Waals surface area contributed by atoms with Crippen LogP contribution in [0.1, 0.15) is 11.1 Å². The summed E-state index contributed by atoms with van der Waals surface area (Å²) in [5.41, 5.74) is 3.63. The van der Waals surface area contributed by atoms with Crippen LogP contribution in [0.15, 0.2) is 36.4 Å². The number of hydrogen-bond donors (Lipinski definition) is 3. The highest BCUT2D eigenvalue weighted by molar-refractivity contribution is 6.09. The normalized spacial score (nSPS) is 11.4. The van der Waals surface area contributed by atoms with Gasteiger partial charge in [0.15, 0.2) is 0 Å². The third kappa shape index (κ3) is 1.44. The summed E-state index contributed by atoms with van der Waals surface area (Å²) >= 11 is 0. The summed E-state index contributed by atoms with van der Waals surface area (Å²) in [7, 11) is 0. The zero-order valence-corrected chi connectivity index (χ0v) is 9.27. The lowest BCUT2D eigenvalue weighted by Gasteiger charge is -2.06. The van der Waals surface area contributed by atoms with Crippen molar-refractivity contribution in [2.75, 3.05) is 0 Å². The van der Waals surface area contributed by atoms with Crippen LogP contribution in [0.2, 0.25) is 0 Å². The third-order valence-corrected chi connectivity index (χ3v) is 3.20. The molecule has 1 heterocycles. The molecule has 0 aliphatic carbocycles. The van der Waals surface area contributed by atoms with Crippen molar-refractivity contribution in [3.05, 3.63) is 47.5 Å². The van der Waals surface area contributed by atoms with Gasteiger partial charge in [0, 0.05) is 21.8 Å². The minimum Gasteiger partial charge on any atom is -0.392 e. The average molecular weight is 227 g/mol. The van der Waals surface area contributed by atoms with Crippen LogP contribution in [0.5, 0.6) is 0 Å². The zero-order chi connectivity index (χ0) is 11.8. The molecule has 86 valence electrons. The van der Waals surface area contributed by atoms with Crippen molar-refractivity contribution in [1.82, 2.24) is 4.98 Å². The first-order chi connectivity index (χ1) is 8.35. The van der Waals surface area contributed by atoms with Crippen LogP contribution in [-0.4, -0.2) is 15.2 Å². The number of benzene rings is 2. The summed E-state index contributed by atoms with van der Waals surface area (Å²) in [6.07, 6.45) is 0. The monoisotopic (exact) mass is 227 g/mol. The fourth-order valence-electron chi connectivity index (χ4n) is 2.39. The molecule has 0 aliphatic heterocycles. The molecule has 0 unspecified atom stereocenters. The molecule has 1 aromatic heterocycles. The van der Waals surface area contributed by atoms with Crippen molar-refractivity contribution in [3.63, 3.8) is 0 Å². The first kappa shape index (κ1) is 10.3. The van der Waals surface area contributed by atoms with Crippen molar-refractivity contribution >= 4 is 21.8 Å². The first-order valence-corrected chi connectivity index (χ1v) is 5.58. The Morgan fingerprint density at radius 1 is 0.882 bits per heavy atom. The van der Waals surface area contributed by atoms with Gasteiger partial charge in [-0.25, -0.2) is 0 Å². The molecule has 0 saturated carbocycles. The summed E-state index contributed by atoms with van der Waals surface area (Å²) in [5.74, 6) is 0. The van der Waals surface area contributed by atoms with Crippen molar-refractivity contribution < 1.29 is 10.2 Å². The fraction of sp³-hybridized carbons (Fsp3) is 0.143. The SMILES string of the molecule is OCc1ccc2[nH]c3ccccc3c2c1CO. The first-order valence-electron chi connectivity index (χ1n) is 5.58. The van der Waals surface area contributed by atoms with Gasteiger partial charge in [-0.05, 0) is 23.3 Å². The van der Waals surface area contributed by atoms with Gasteiger partial charge in [-0.15, -0.1) is 0 Å². The molecule has 3 nitrogen and oxygen atoms in total. The van der Waals surface area contributed by atoms with Crippen molar-refractivity contribution in [2.45, 2.75) is 13.2 Å². The standard InChI is InChI=1S/C14H13NO2/c16-7-9-5-6-13-14(11(9)8-17)10-3-1-2-4-12(10)15-13/h1-6,15-17H,7-8H2. The lowest BCUT2D eigenvalue weighted by molar-refractivity contribution is 0.261. The molecule has 0 fully saturated rings. The van der Waals surface area contributed by atoms with Crippen LogP contribution in [-0.2, 0) is 13.2 Å². The number of aliphatic hydroxyl groups excluding tert-OH is 2. The van der Waals surface area contributed by atoms with Gasteiger partial charge in [-0.3, -0.25) is 0 Å². The molecule has 0 amide bonds. The van der Waals surface area contributed by atoms with E-state index in [4.69, 9.17) is 0 Å². The molecule has 3 N–H and O–H groups in total. The Morgan fingerprint density at radius 2 is 1.71 bits per heavy atom. The molecule has 0 aliphatic rings. The second kappa shape index (κ2) is 3.87. The van der Waals surface area contributed by atoms with Gasteiger partial charge >= 0.3 is 0 Å². The summed E-state index contributed by atoms with van der Waals surface area (Å²) in [6.45, 7) is -0.111. The number of H-pyrrole nitrogens is 1. The third-order valence-electron chi connectivity index (χ3n) is 3.20. The van der Waals surface area contributed by atoms with Gasteiger partial charge < -0.3 is 15.2 Å². The molecular weight excluding hydrogens is 214 g/mol. The Labute approximate surface area is 98.3 Å². The lowest BCUT2D eigenvalue weighted by Crippen LogP contribution is -1.94. The van der Waals surface area contributed by atoms with Crippen LogP contribution in [0, 0.1) is 0 Å². The molecule has 0 radical (unpaired) electrons. The van der Waals surface area contributed by atoms with Crippen LogP contribution in [0.4, 0.5) is 0 Å². The van der Waals surface area contributed by atoms with E-state index in [9.17, 15) is 10.2 Å². The lowest BCUT2D eigenvalue weighted by atomic mass is 10.0. The van der Waals surface area contributed by atoms with E-state index in [-0.39, 0.29) is 13.2 Å². The highest BCUT2D eigenvalue weighted by Gasteiger charge is 2.11. The minimum absolute atomic E-state index is 0.0503. The molecule has 0 bridgehead atoms. The number of aliphatic hydroxyl groups is 2. The van der Waals surface area contributed by atoms with E-state index in [2.05, 4.69) is 4.98 Å². The van der Waals surface area contributed by atoms with Crippen molar-refractivity contribution in [3.8, 4) is 0 Å². The topological polar surface area (TPSA) is 56.2 Å². The Kier molecular flexibility index (Phi) is 2.35. The predicted molar refractivity (Wildman–Crippen MR) is 67.7 cm³/mol. The predicted octanol–water partition coefficient (Wildman–Crippen LogP) is 2.31. The van der Waals surface area contributed by atoms with Gasteiger partial charge in [0.2, 0.25) is 0 Å². The van der Waals surface area contributed by atoms with Gasteiger partial charge in [0.1, 0.15) is 0 Å². The molecule has 0 spiro atoms. The summed E-state index contributed by atoms with van der Waals surface area (Å²) in [5, 5.41) is 20.9. The molecule has 3 rings (SSSR count). The van der Waals surface area contributed by atoms with Crippen LogP contribution < -0.4 is 0 Å². The highest BCUT2D eigenvalue weighted by Crippen LogP contribution is 2.30. The number of aromatic nitrogens is 1. The quantitative estimate of drug-likeness (QED) is 0.629. The number of fused-ring (bicyclic) bond motifs is 3. The molecule has 3 aromatic rings. The van der Waals surface area contributed by atoms with Gasteiger partial charge in [0.25, 0.3) is 0 Å². The van der Waals surface area contributed by atoms with Crippen LogP contribution >= 0.6 is 0 Å². The van der Waals surface area contributed by atoms with Crippen molar-refractivity contribution in [2.24, 2.45) is 0 Å². The maximum Gasteiger partial charge on any atom is 0.0692 e. The van der Waals surface area contributed by atoms with E-state index < -0.39 is 0 Å². The number of nitrogens with one attached hydrogen (secondary N) is 1. The smallest absolute Gasteiger partial charge is 0.0692 e. The largest absolute Gasteiger partial charge is 0.392 e. The number of aromatic amines is 1. The van der Waals surface area contributed by atoms with Crippen LogP contribution in [0.3, 0.4) is 0 Å². The molecule has 3 heteroatoms. The second-order valence-electron chi connectivity index (χ2n) is 4.11. The molecule has 2 aromatic carbocycles. The summed E-state index contributed by atoms with van der Waals surface area (Å²) < 4.78 is 0. The zero-order valence-electron chi connectivity index (χ0n) is 9.27. The second-order valence-corrected chi connectivity index (χ2v) is 4.11. The number of hydrogen-bond acceptors (Lipinski definition) is 2. The van der Waals surface area contributed by atoms with E-state index in [1.807, 2.05) is 36.4 Å². The van der Waals surface area contributed by atoms with E-state index in [0.717, 1.165) is 32.9 Å². The maximum absolute atomic E-state index is 9.50. The van der Waals surface area contributed by atoms with E-state index in [1.54, 1.807) is 0 Å². The van der Waals surface area contributed by atoms with E-state index >= 15 is 0 Å². The number of rotatable bonds is 2. The summed E-state index contributed by atoms with van der Waals surface area (Å²) in [6, 6.07) is 11.8. The molecule has 17 heavy (non-hydrogen) atoms. The van der Waals surface area contributed by atoms with Gasteiger partial charge in [-0.2, -0.15) is 0 Å². The Balaban J connectivity index is 2.51. The highest BCUT2D eigenvalue weighted by atomic mass is 16.3. The average Bonchev–Trinajstić information content (AvgIpc) is 2.76. The van der Waals surface area contributed by atoms with Gasteiger partial charge in [0.05, 0.1) is 13.2 Å². The molecular formula is C14H13NO2. The minimum atomic E-state index is -0.0604. The van der Waals surface area contributed by atoms with E-state index in [0.29, 0.717) is 0 Å². The Morgan fingerprint density at radius 3 is 2.47 bits per heavy atom.